The van der Waals surface area contributed by atoms with Crippen LogP contribution in [0.2, 0.25) is 0 Å². The predicted molar refractivity (Wildman–Crippen MR) is 133 cm³/mol. The molecule has 223 valence electrons. The molecule has 2 aromatic rings. The van der Waals surface area contributed by atoms with E-state index < -0.39 is 96.0 Å². The van der Waals surface area contributed by atoms with E-state index in [0.717, 1.165) is 24.3 Å². The van der Waals surface area contributed by atoms with Crippen LogP contribution in [0.3, 0.4) is 0 Å². The second kappa shape index (κ2) is 11.5. The summed E-state index contributed by atoms with van der Waals surface area (Å²) < 4.78 is 124. The summed E-state index contributed by atoms with van der Waals surface area (Å²) in [6.45, 7) is -0.932. The third-order valence-electron chi connectivity index (χ3n) is 4.91. The molecule has 0 saturated heterocycles. The number of hydrogen-bond acceptors (Lipinski definition) is 14. The fourth-order valence-corrected chi connectivity index (χ4v) is 5.92. The van der Waals surface area contributed by atoms with E-state index in [9.17, 15) is 52.7 Å². The number of nitrogens with zero attached hydrogens (tertiary/aromatic N) is 1. The number of sulfone groups is 1. The van der Waals surface area contributed by atoms with Crippen molar-refractivity contribution in [1.29, 1.82) is 0 Å². The van der Waals surface area contributed by atoms with Crippen molar-refractivity contribution in [3.8, 4) is 5.75 Å². The van der Waals surface area contributed by atoms with Crippen molar-refractivity contribution in [2.75, 3.05) is 23.5 Å². The number of rotatable bonds is 9. The van der Waals surface area contributed by atoms with Gasteiger partial charge in [0, 0.05) is 28.8 Å². The van der Waals surface area contributed by atoms with Crippen LogP contribution >= 0.6 is 0 Å². The minimum Gasteiger partial charge on any atom is -0.506 e. The number of allylic oxidation sites excluding steroid dienone is 1. The van der Waals surface area contributed by atoms with Crippen LogP contribution in [0.5, 0.6) is 5.75 Å². The van der Waals surface area contributed by atoms with Gasteiger partial charge in [0.2, 0.25) is 5.78 Å². The number of nitrogens with two attached hydrogens (primary N) is 1. The number of nitrogens with one attached hydrogen (secondary N) is 1. The summed E-state index contributed by atoms with van der Waals surface area (Å²) >= 11 is 0. The molecule has 1 aliphatic rings. The zero-order valence-electron chi connectivity index (χ0n) is 19.2. The molecule has 2 aromatic carbocycles. The quantitative estimate of drug-likeness (QED) is 0.0647. The van der Waals surface area contributed by atoms with Crippen molar-refractivity contribution in [1.82, 2.24) is 0 Å². The van der Waals surface area contributed by atoms with E-state index in [-0.39, 0.29) is 28.3 Å². The van der Waals surface area contributed by atoms with E-state index in [1.807, 2.05) is 0 Å². The van der Waals surface area contributed by atoms with Gasteiger partial charge in [-0.25, -0.2) is 12.6 Å². The third-order valence-corrected chi connectivity index (χ3v) is 8.75. The number of fused-ring (bicyclic) bond motifs is 1. The Labute approximate surface area is 237 Å². The molecule has 0 aliphatic heterocycles. The molecule has 0 amide bonds. The topological polar surface area (TPSA) is 294 Å². The van der Waals surface area contributed by atoms with Crippen LogP contribution in [0.1, 0.15) is 15.9 Å². The minimum absolute atomic E-state index is 0. The normalized spacial score (nSPS) is 15.2. The number of carbonyl (C=O) groups excluding carboxylic acids is 1. The maximum atomic E-state index is 13.0. The molecule has 0 unspecified atom stereocenters. The number of hydrazone groups is 1. The number of hydrogen-bond donors (Lipinski definition) is 6. The first-order valence-electron chi connectivity index (χ1n) is 9.87. The van der Waals surface area contributed by atoms with Gasteiger partial charge in [-0.3, -0.25) is 23.9 Å². The number of phenolic OH excluding ortho intramolecular Hbond substituents is 1. The molecular formula is C18H17CuN3O14S4. The van der Waals surface area contributed by atoms with E-state index in [2.05, 4.69) is 14.7 Å². The van der Waals surface area contributed by atoms with Gasteiger partial charge in [0.25, 0.3) is 20.2 Å². The monoisotopic (exact) mass is 690 g/mol. The summed E-state index contributed by atoms with van der Waals surface area (Å²) in [7, 11) is -19.1. The molecule has 3 rings (SSSR count). The van der Waals surface area contributed by atoms with Crippen LogP contribution in [-0.4, -0.2) is 76.3 Å². The van der Waals surface area contributed by atoms with Crippen molar-refractivity contribution in [2.24, 2.45) is 5.10 Å². The Kier molecular flexibility index (Phi) is 9.59. The molecule has 0 aromatic heterocycles. The van der Waals surface area contributed by atoms with Gasteiger partial charge in [0.15, 0.2) is 15.5 Å². The fraction of sp³-hybridized carbons (Fsp3) is 0.111. The molecule has 1 radical (unpaired) electrons. The molecule has 0 bridgehead atoms. The molecule has 0 heterocycles. The first kappa shape index (κ1) is 33.3. The SMILES string of the molecule is Nc1cc(S(=O)(=O)O)cc2c1C(=O)C(=NNc1ccc(S(=O)(=O)CCOS(=O)(=O)O)cc1O)C(S(=O)(=O)O)=C2.[Cu]. The Morgan fingerprint density at radius 2 is 1.52 bits per heavy atom. The van der Waals surface area contributed by atoms with Gasteiger partial charge in [0.05, 0.1) is 33.4 Å². The van der Waals surface area contributed by atoms with Gasteiger partial charge < -0.3 is 10.8 Å². The summed E-state index contributed by atoms with van der Waals surface area (Å²) in [6.07, 6.45) is 0.668. The molecule has 0 fully saturated rings. The molecule has 17 nitrogen and oxygen atoms in total. The van der Waals surface area contributed by atoms with Crippen molar-refractivity contribution in [2.45, 2.75) is 9.79 Å². The van der Waals surface area contributed by atoms with Crippen LogP contribution in [0, 0.1) is 0 Å². The Balaban J connectivity index is 0.00000560. The second-order valence-electron chi connectivity index (χ2n) is 7.58. The van der Waals surface area contributed by atoms with E-state index in [4.69, 9.17) is 10.3 Å². The molecule has 1 aliphatic carbocycles. The second-order valence-corrected chi connectivity index (χ2v) is 13.6. The molecule has 0 atom stereocenters. The van der Waals surface area contributed by atoms with E-state index in [1.54, 1.807) is 0 Å². The minimum atomic E-state index is -5.17. The number of ketones is 1. The van der Waals surface area contributed by atoms with Crippen molar-refractivity contribution in [3.05, 3.63) is 46.4 Å². The summed E-state index contributed by atoms with van der Waals surface area (Å²) in [5, 5.41) is 13.8. The Morgan fingerprint density at radius 1 is 0.900 bits per heavy atom. The first-order valence-corrected chi connectivity index (χ1v) is 15.8. The van der Waals surface area contributed by atoms with E-state index >= 15 is 0 Å². The van der Waals surface area contributed by atoms with Gasteiger partial charge in [-0.1, -0.05) is 0 Å². The number of anilines is 2. The standard InChI is InChI=1S/C18H17N3O14S4.Cu/c19-12-7-11(37(26,27)28)5-9-6-15(38(29,30)31)17(18(23)16(9)12)21-20-13-2-1-10(8-14(13)22)36(24,25)4-3-35-39(32,33)34;/h1-2,5-8,20,22H,3-4,19H2,(H,26,27,28)(H,29,30,31)(H,32,33,34);. The largest absolute Gasteiger partial charge is 0.506 e. The number of carbonyl (C=O) groups is 1. The number of nitrogen functional groups attached to an aromatic ring is 1. The molecule has 0 spiro atoms. The molecule has 22 heteroatoms. The van der Waals surface area contributed by atoms with Gasteiger partial charge in [-0.05, 0) is 35.9 Å². The Morgan fingerprint density at radius 3 is 2.05 bits per heavy atom. The van der Waals surface area contributed by atoms with Crippen molar-refractivity contribution in [3.63, 3.8) is 0 Å². The summed E-state index contributed by atoms with van der Waals surface area (Å²) in [6, 6.07) is 4.05. The van der Waals surface area contributed by atoms with Crippen LogP contribution in [0.25, 0.3) is 6.08 Å². The average Bonchev–Trinajstić information content (AvgIpc) is 2.76. The van der Waals surface area contributed by atoms with Crippen LogP contribution < -0.4 is 11.2 Å². The summed E-state index contributed by atoms with van der Waals surface area (Å²) in [4.78, 5) is 10.6. The van der Waals surface area contributed by atoms with Crippen LogP contribution in [-0.2, 0) is 61.7 Å². The number of phenols is 1. The van der Waals surface area contributed by atoms with Gasteiger partial charge in [-0.2, -0.15) is 30.4 Å². The fourth-order valence-electron chi connectivity index (χ4n) is 3.21. The number of aromatic hydroxyl groups is 1. The Bertz CT molecular complexity index is 1880. The number of Topliss-reactive ketones (excluding diaryl/α,β-unsaturated/α-hetero) is 1. The first-order chi connectivity index (χ1) is 17.7. The Hall–Kier alpha value is -2.92. The predicted octanol–water partition coefficient (Wildman–Crippen LogP) is -0.295. The molecular weight excluding hydrogens is 674 g/mol. The van der Waals surface area contributed by atoms with E-state index in [1.165, 1.54) is 0 Å². The summed E-state index contributed by atoms with van der Waals surface area (Å²) in [5.41, 5.74) is 5.26. The van der Waals surface area contributed by atoms with E-state index in [0.29, 0.717) is 12.1 Å². The van der Waals surface area contributed by atoms with Crippen molar-refractivity contribution < 1.29 is 78.5 Å². The molecule has 40 heavy (non-hydrogen) atoms. The van der Waals surface area contributed by atoms with Gasteiger partial charge in [0.1, 0.15) is 10.7 Å². The number of benzene rings is 2. The molecule has 7 N–H and O–H groups in total. The molecule has 0 saturated carbocycles. The van der Waals surface area contributed by atoms with Gasteiger partial charge in [-0.15, -0.1) is 0 Å². The van der Waals surface area contributed by atoms with Crippen LogP contribution in [0.15, 0.2) is 50.1 Å². The third kappa shape index (κ3) is 7.63. The zero-order valence-corrected chi connectivity index (χ0v) is 23.4. The average molecular weight is 691 g/mol. The van der Waals surface area contributed by atoms with Crippen LogP contribution in [0.4, 0.5) is 11.4 Å². The van der Waals surface area contributed by atoms with Crippen molar-refractivity contribution >= 4 is 69.4 Å². The van der Waals surface area contributed by atoms with Gasteiger partial charge >= 0.3 is 10.4 Å². The maximum absolute atomic E-state index is 13.0. The summed E-state index contributed by atoms with van der Waals surface area (Å²) in [5.74, 6) is -2.89. The smallest absolute Gasteiger partial charge is 0.397 e. The maximum Gasteiger partial charge on any atom is 0.397 e. The zero-order chi connectivity index (χ0) is 29.6.